The number of unbranched alkanes of at least 4 members (excludes halogenated alkanes) is 22. The summed E-state index contributed by atoms with van der Waals surface area (Å²) in [5, 5.41) is 0. The predicted molar refractivity (Wildman–Crippen MR) is 288 cm³/mol. The van der Waals surface area contributed by atoms with E-state index in [4.69, 9.17) is 14.2 Å². The van der Waals surface area contributed by atoms with Crippen molar-refractivity contribution in [1.29, 1.82) is 0 Å². The molecule has 0 aliphatic carbocycles. The number of rotatable bonds is 49. The highest BCUT2D eigenvalue weighted by Gasteiger charge is 2.19. The van der Waals surface area contributed by atoms with E-state index in [-0.39, 0.29) is 31.1 Å². The van der Waals surface area contributed by atoms with Crippen molar-refractivity contribution in [2.45, 2.75) is 258 Å². The molecular formula is C61H102O6. The highest BCUT2D eigenvalue weighted by atomic mass is 16.6. The van der Waals surface area contributed by atoms with Crippen LogP contribution in [-0.4, -0.2) is 37.2 Å². The van der Waals surface area contributed by atoms with Crippen LogP contribution in [-0.2, 0) is 28.6 Å². The van der Waals surface area contributed by atoms with Gasteiger partial charge in [0.1, 0.15) is 13.2 Å². The van der Waals surface area contributed by atoms with Gasteiger partial charge in [-0.1, -0.05) is 201 Å². The minimum Gasteiger partial charge on any atom is -0.462 e. The Morgan fingerprint density at radius 3 is 0.925 bits per heavy atom. The van der Waals surface area contributed by atoms with E-state index in [1.54, 1.807) is 0 Å². The van der Waals surface area contributed by atoms with Crippen molar-refractivity contribution in [3.05, 3.63) is 97.2 Å². The molecule has 0 spiro atoms. The van der Waals surface area contributed by atoms with Crippen molar-refractivity contribution in [3.8, 4) is 0 Å². The van der Waals surface area contributed by atoms with Crippen LogP contribution in [0.1, 0.15) is 252 Å². The van der Waals surface area contributed by atoms with Crippen LogP contribution in [0.5, 0.6) is 0 Å². The molecule has 0 rings (SSSR count). The van der Waals surface area contributed by atoms with Crippen LogP contribution in [0.3, 0.4) is 0 Å². The maximum Gasteiger partial charge on any atom is 0.306 e. The summed E-state index contributed by atoms with van der Waals surface area (Å²) in [4.78, 5) is 38.1. The van der Waals surface area contributed by atoms with E-state index in [0.29, 0.717) is 19.3 Å². The predicted octanol–water partition coefficient (Wildman–Crippen LogP) is 18.5. The summed E-state index contributed by atoms with van der Waals surface area (Å²) in [5.74, 6) is -0.985. The molecule has 67 heavy (non-hydrogen) atoms. The average molecular weight is 931 g/mol. The molecule has 0 bridgehead atoms. The van der Waals surface area contributed by atoms with Gasteiger partial charge in [-0.25, -0.2) is 0 Å². The zero-order chi connectivity index (χ0) is 48.6. The van der Waals surface area contributed by atoms with E-state index >= 15 is 0 Å². The summed E-state index contributed by atoms with van der Waals surface area (Å²) >= 11 is 0. The van der Waals surface area contributed by atoms with Crippen molar-refractivity contribution in [2.24, 2.45) is 0 Å². The Bertz CT molecular complexity index is 1350. The second-order valence-electron chi connectivity index (χ2n) is 18.1. The van der Waals surface area contributed by atoms with E-state index in [1.165, 1.54) is 103 Å². The minimum atomic E-state index is -0.812. The second-order valence-corrected chi connectivity index (χ2v) is 18.1. The van der Waals surface area contributed by atoms with Crippen LogP contribution in [0.25, 0.3) is 0 Å². The first-order valence-corrected chi connectivity index (χ1v) is 27.7. The van der Waals surface area contributed by atoms with E-state index in [2.05, 4.69) is 118 Å². The summed E-state index contributed by atoms with van der Waals surface area (Å²) < 4.78 is 16.8. The summed E-state index contributed by atoms with van der Waals surface area (Å²) in [7, 11) is 0. The Kier molecular flexibility index (Phi) is 51.9. The lowest BCUT2D eigenvalue weighted by Crippen LogP contribution is -2.30. The Hall–Kier alpha value is -3.67. The Morgan fingerprint density at radius 2 is 0.537 bits per heavy atom. The first-order chi connectivity index (χ1) is 33.0. The first kappa shape index (κ1) is 63.3. The molecule has 0 aliphatic heterocycles. The summed E-state index contributed by atoms with van der Waals surface area (Å²) in [6, 6.07) is 0. The molecule has 0 amide bonds. The molecule has 0 radical (unpaired) electrons. The molecule has 1 atom stereocenters. The van der Waals surface area contributed by atoms with Crippen molar-refractivity contribution < 1.29 is 28.6 Å². The monoisotopic (exact) mass is 931 g/mol. The summed E-state index contributed by atoms with van der Waals surface area (Å²) in [6.07, 6.45) is 72.5. The minimum absolute atomic E-state index is 0.110. The number of hydrogen-bond acceptors (Lipinski definition) is 6. The number of ether oxygens (including phenoxy) is 3. The molecule has 0 unspecified atom stereocenters. The van der Waals surface area contributed by atoms with Crippen LogP contribution in [0.2, 0.25) is 0 Å². The fourth-order valence-electron chi connectivity index (χ4n) is 7.31. The zero-order valence-electron chi connectivity index (χ0n) is 43.6. The number of carbonyl (C=O) groups excluding carboxylic acids is 3. The fraction of sp³-hybridized carbons (Fsp3) is 0.689. The summed E-state index contributed by atoms with van der Waals surface area (Å²) in [6.45, 7) is 6.51. The maximum absolute atomic E-state index is 12.8. The van der Waals surface area contributed by atoms with Gasteiger partial charge >= 0.3 is 17.9 Å². The van der Waals surface area contributed by atoms with Crippen molar-refractivity contribution in [3.63, 3.8) is 0 Å². The van der Waals surface area contributed by atoms with Gasteiger partial charge in [0.25, 0.3) is 0 Å². The third kappa shape index (κ3) is 53.2. The van der Waals surface area contributed by atoms with Gasteiger partial charge in [-0.2, -0.15) is 0 Å². The lowest BCUT2D eigenvalue weighted by molar-refractivity contribution is -0.167. The van der Waals surface area contributed by atoms with E-state index in [0.717, 1.165) is 109 Å². The highest BCUT2D eigenvalue weighted by Crippen LogP contribution is 2.13. The Morgan fingerprint density at radius 1 is 0.299 bits per heavy atom. The Balaban J connectivity index is 4.52. The third-order valence-corrected chi connectivity index (χ3v) is 11.5. The van der Waals surface area contributed by atoms with E-state index in [1.807, 2.05) is 0 Å². The number of allylic oxidation sites excluding steroid dienone is 16. The molecule has 0 aromatic heterocycles. The fourth-order valence-corrected chi connectivity index (χ4v) is 7.31. The third-order valence-electron chi connectivity index (χ3n) is 11.5. The van der Waals surface area contributed by atoms with Crippen LogP contribution < -0.4 is 0 Å². The van der Waals surface area contributed by atoms with Gasteiger partial charge in [0.15, 0.2) is 6.10 Å². The van der Waals surface area contributed by atoms with Gasteiger partial charge < -0.3 is 14.2 Å². The molecule has 0 fully saturated rings. The second kappa shape index (κ2) is 54.9. The lowest BCUT2D eigenvalue weighted by atomic mass is 10.1. The largest absolute Gasteiger partial charge is 0.462 e. The van der Waals surface area contributed by atoms with Crippen LogP contribution in [0.15, 0.2) is 97.2 Å². The topological polar surface area (TPSA) is 78.9 Å². The quantitative estimate of drug-likeness (QED) is 0.0262. The van der Waals surface area contributed by atoms with Gasteiger partial charge in [0.05, 0.1) is 0 Å². The van der Waals surface area contributed by atoms with Gasteiger partial charge in [0, 0.05) is 19.3 Å². The van der Waals surface area contributed by atoms with Gasteiger partial charge in [-0.3, -0.25) is 14.4 Å². The molecule has 0 N–H and O–H groups in total. The highest BCUT2D eigenvalue weighted by molar-refractivity contribution is 5.71. The molecule has 0 heterocycles. The molecule has 6 nitrogen and oxygen atoms in total. The zero-order valence-corrected chi connectivity index (χ0v) is 43.6. The van der Waals surface area contributed by atoms with E-state index in [9.17, 15) is 14.4 Å². The molecule has 6 heteroatoms. The average Bonchev–Trinajstić information content (AvgIpc) is 3.33. The number of esters is 3. The standard InChI is InChI=1S/C61H102O6/c1-4-7-10-13-16-19-22-25-28-29-30-31-34-36-39-42-45-48-51-54-60(63)66-57-58(67-61(64)55-52-49-46-43-40-37-33-27-24-21-18-15-12-9-6-3)56-65-59(62)53-50-47-44-41-38-35-32-26-23-20-17-14-11-8-5-2/h16-17,19-20,25-28,30-33,36,38-39,41,58H,4-15,18,21-24,29,34-35,37,40,42-57H2,1-3H3/b19-16-,20-17-,28-25-,31-30-,32-26-,33-27-,39-36-,41-38-/t58-/m0/s1. The van der Waals surface area contributed by atoms with Crippen LogP contribution >= 0.6 is 0 Å². The molecule has 0 saturated carbocycles. The maximum atomic E-state index is 12.8. The first-order valence-electron chi connectivity index (χ1n) is 27.7. The lowest BCUT2D eigenvalue weighted by Gasteiger charge is -2.18. The molecule has 0 aromatic carbocycles. The number of carbonyl (C=O) groups is 3. The van der Waals surface area contributed by atoms with Crippen LogP contribution in [0.4, 0.5) is 0 Å². The van der Waals surface area contributed by atoms with Crippen molar-refractivity contribution in [2.75, 3.05) is 13.2 Å². The van der Waals surface area contributed by atoms with Crippen molar-refractivity contribution in [1.82, 2.24) is 0 Å². The molecular weight excluding hydrogens is 829 g/mol. The molecule has 382 valence electrons. The molecule has 0 saturated heterocycles. The number of hydrogen-bond donors (Lipinski definition) is 0. The Labute approximate surface area is 413 Å². The summed E-state index contributed by atoms with van der Waals surface area (Å²) in [5.41, 5.74) is 0. The van der Waals surface area contributed by atoms with Gasteiger partial charge in [-0.15, -0.1) is 0 Å². The SMILES string of the molecule is CCCCC/C=C\C/C=C\C/C=C\C/C=C\CCCCCC(=O)OC[C@H](COC(=O)CCCC/C=C\C/C=C\C/C=C\CCCCC)OC(=O)CCCCCCC/C=C\CCCCCCCC. The van der Waals surface area contributed by atoms with Crippen LogP contribution in [0, 0.1) is 0 Å². The normalized spacial score (nSPS) is 12.8. The van der Waals surface area contributed by atoms with Crippen molar-refractivity contribution >= 4 is 17.9 Å². The smallest absolute Gasteiger partial charge is 0.306 e. The van der Waals surface area contributed by atoms with E-state index < -0.39 is 6.10 Å². The molecule has 0 aliphatic rings. The molecule has 0 aromatic rings. The van der Waals surface area contributed by atoms with Gasteiger partial charge in [0.2, 0.25) is 0 Å². The van der Waals surface area contributed by atoms with Gasteiger partial charge in [-0.05, 0) is 128 Å².